The Morgan fingerprint density at radius 2 is 1.72 bits per heavy atom. The first-order valence-electron chi connectivity index (χ1n) is 9.25. The molecule has 2 amide bonds. The fraction of sp³-hybridized carbons (Fsp3) is 0.227. The first-order valence-corrected chi connectivity index (χ1v) is 9.62. The van der Waals surface area contributed by atoms with Crippen LogP contribution >= 0.6 is 11.6 Å². The Balaban J connectivity index is 1.80. The van der Waals surface area contributed by atoms with Crippen LogP contribution in [-0.4, -0.2) is 21.6 Å². The van der Waals surface area contributed by atoms with Crippen molar-refractivity contribution in [2.45, 2.75) is 26.4 Å². The average molecular weight is 411 g/mol. The molecule has 0 aliphatic carbocycles. The number of aromatic nitrogens is 2. The molecule has 7 heteroatoms. The van der Waals surface area contributed by atoms with Gasteiger partial charge in [0.25, 0.3) is 5.91 Å². The Morgan fingerprint density at radius 3 is 2.31 bits per heavy atom. The number of halogens is 1. The van der Waals surface area contributed by atoms with E-state index >= 15 is 0 Å². The maximum absolute atomic E-state index is 12.9. The second-order valence-electron chi connectivity index (χ2n) is 6.90. The molecule has 1 heterocycles. The number of aryl methyl sites for hydroxylation is 3. The third kappa shape index (κ3) is 4.84. The van der Waals surface area contributed by atoms with Crippen LogP contribution in [0.4, 0.5) is 0 Å². The lowest BCUT2D eigenvalue weighted by Crippen LogP contribution is -2.40. The van der Waals surface area contributed by atoms with Crippen molar-refractivity contribution in [2.75, 3.05) is 0 Å². The molecule has 2 aromatic carbocycles. The van der Waals surface area contributed by atoms with Gasteiger partial charge in [-0.15, -0.1) is 0 Å². The highest BCUT2D eigenvalue weighted by Gasteiger charge is 2.26. The molecule has 1 atom stereocenters. The molecule has 0 aliphatic heterocycles. The number of amides is 2. The largest absolute Gasteiger partial charge is 0.350 e. The Bertz CT molecular complexity index is 1010. The van der Waals surface area contributed by atoms with E-state index in [-0.39, 0.29) is 16.6 Å². The van der Waals surface area contributed by atoms with Crippen molar-refractivity contribution in [2.24, 2.45) is 7.05 Å². The minimum absolute atomic E-state index is 0.229. The summed E-state index contributed by atoms with van der Waals surface area (Å²) < 4.78 is 1.43. The summed E-state index contributed by atoms with van der Waals surface area (Å²) >= 11 is 6.21. The lowest BCUT2D eigenvalue weighted by atomic mass is 10.1. The number of rotatable bonds is 6. The van der Waals surface area contributed by atoms with Gasteiger partial charge in [0, 0.05) is 13.6 Å². The normalized spacial score (nSPS) is 11.7. The van der Waals surface area contributed by atoms with Crippen LogP contribution in [-0.2, 0) is 18.4 Å². The summed E-state index contributed by atoms with van der Waals surface area (Å²) in [5, 5.41) is 10.1. The first kappa shape index (κ1) is 20.6. The number of nitrogens with one attached hydrogen (secondary N) is 2. The summed E-state index contributed by atoms with van der Waals surface area (Å²) in [5.41, 5.74) is 3.58. The maximum Gasteiger partial charge on any atom is 0.257 e. The Hall–Kier alpha value is -3.12. The van der Waals surface area contributed by atoms with Gasteiger partial charge in [-0.05, 0) is 25.0 Å². The van der Waals surface area contributed by atoms with Crippen LogP contribution in [0.25, 0.3) is 0 Å². The summed E-state index contributed by atoms with van der Waals surface area (Å²) in [6.07, 6.45) is 0. The zero-order chi connectivity index (χ0) is 21.0. The summed E-state index contributed by atoms with van der Waals surface area (Å²) in [7, 11) is 1.66. The van der Waals surface area contributed by atoms with Gasteiger partial charge in [-0.3, -0.25) is 14.3 Å². The van der Waals surface area contributed by atoms with Crippen molar-refractivity contribution in [1.29, 1.82) is 0 Å². The Kier molecular flexibility index (Phi) is 6.34. The molecular formula is C22H23ClN4O2. The topological polar surface area (TPSA) is 76.0 Å². The van der Waals surface area contributed by atoms with Gasteiger partial charge in [-0.1, -0.05) is 71.8 Å². The van der Waals surface area contributed by atoms with E-state index in [0.29, 0.717) is 17.8 Å². The standard InChI is InChI=1S/C22H23ClN4O2/c1-14-9-11-16(12-10-14)13-24-22(29)19(17-7-5-4-6-8-17)25-21(28)18-15(2)26-27(3)20(18)23/h4-12,19H,13H2,1-3H3,(H,24,29)(H,25,28)/t19-/m0/s1. The van der Waals surface area contributed by atoms with E-state index in [0.717, 1.165) is 11.1 Å². The predicted molar refractivity (Wildman–Crippen MR) is 113 cm³/mol. The molecule has 2 N–H and O–H groups in total. The monoisotopic (exact) mass is 410 g/mol. The minimum Gasteiger partial charge on any atom is -0.350 e. The fourth-order valence-electron chi connectivity index (χ4n) is 3.03. The van der Waals surface area contributed by atoms with Crippen LogP contribution in [0.3, 0.4) is 0 Å². The van der Waals surface area contributed by atoms with E-state index in [9.17, 15) is 9.59 Å². The fourth-order valence-corrected chi connectivity index (χ4v) is 3.29. The molecule has 6 nitrogen and oxygen atoms in total. The van der Waals surface area contributed by atoms with Crippen LogP contribution < -0.4 is 10.6 Å². The van der Waals surface area contributed by atoms with Gasteiger partial charge in [0.05, 0.1) is 11.3 Å². The Morgan fingerprint density at radius 1 is 1.07 bits per heavy atom. The van der Waals surface area contributed by atoms with Gasteiger partial charge in [0.1, 0.15) is 11.2 Å². The zero-order valence-corrected chi connectivity index (χ0v) is 17.3. The van der Waals surface area contributed by atoms with Gasteiger partial charge >= 0.3 is 0 Å². The van der Waals surface area contributed by atoms with E-state index in [1.54, 1.807) is 26.1 Å². The van der Waals surface area contributed by atoms with E-state index in [4.69, 9.17) is 11.6 Å². The van der Waals surface area contributed by atoms with E-state index < -0.39 is 11.9 Å². The molecule has 0 bridgehead atoms. The average Bonchev–Trinajstić information content (AvgIpc) is 2.97. The molecular weight excluding hydrogens is 388 g/mol. The molecule has 150 valence electrons. The van der Waals surface area contributed by atoms with Crippen LogP contribution in [0, 0.1) is 13.8 Å². The highest BCUT2D eigenvalue weighted by Crippen LogP contribution is 2.21. The number of carbonyl (C=O) groups excluding carboxylic acids is 2. The number of benzene rings is 2. The Labute approximate surface area is 174 Å². The number of nitrogens with zero attached hydrogens (tertiary/aromatic N) is 2. The van der Waals surface area contributed by atoms with Crippen LogP contribution in [0.5, 0.6) is 0 Å². The van der Waals surface area contributed by atoms with Crippen molar-refractivity contribution in [3.8, 4) is 0 Å². The first-order chi connectivity index (χ1) is 13.9. The highest BCUT2D eigenvalue weighted by molar-refractivity contribution is 6.33. The van der Waals surface area contributed by atoms with Crippen LogP contribution in [0.1, 0.15) is 38.8 Å². The maximum atomic E-state index is 12.9. The molecule has 3 aromatic rings. The van der Waals surface area contributed by atoms with E-state index in [2.05, 4.69) is 15.7 Å². The van der Waals surface area contributed by atoms with Crippen molar-refractivity contribution < 1.29 is 9.59 Å². The van der Waals surface area contributed by atoms with Gasteiger partial charge in [-0.25, -0.2) is 0 Å². The van der Waals surface area contributed by atoms with Gasteiger partial charge < -0.3 is 10.6 Å². The third-order valence-electron chi connectivity index (χ3n) is 4.64. The molecule has 0 spiro atoms. The zero-order valence-electron chi connectivity index (χ0n) is 16.6. The molecule has 0 unspecified atom stereocenters. The summed E-state index contributed by atoms with van der Waals surface area (Å²) in [6.45, 7) is 4.08. The van der Waals surface area contributed by atoms with Crippen molar-refractivity contribution in [3.05, 3.63) is 87.7 Å². The molecule has 0 fully saturated rings. The highest BCUT2D eigenvalue weighted by atomic mass is 35.5. The summed E-state index contributed by atoms with van der Waals surface area (Å²) in [6, 6.07) is 16.2. The lowest BCUT2D eigenvalue weighted by Gasteiger charge is -2.19. The second kappa shape index (κ2) is 8.92. The van der Waals surface area contributed by atoms with E-state index in [1.165, 1.54) is 4.68 Å². The minimum atomic E-state index is -0.857. The second-order valence-corrected chi connectivity index (χ2v) is 7.25. The SMILES string of the molecule is Cc1ccc(CNC(=O)[C@@H](NC(=O)c2c(C)nn(C)c2Cl)c2ccccc2)cc1. The lowest BCUT2D eigenvalue weighted by molar-refractivity contribution is -0.123. The van der Waals surface area contributed by atoms with Crippen molar-refractivity contribution in [3.63, 3.8) is 0 Å². The molecule has 0 radical (unpaired) electrons. The summed E-state index contributed by atoms with van der Waals surface area (Å²) in [5.74, 6) is -0.747. The van der Waals surface area contributed by atoms with E-state index in [1.807, 2.05) is 49.4 Å². The van der Waals surface area contributed by atoms with Gasteiger partial charge in [0.15, 0.2) is 0 Å². The third-order valence-corrected chi connectivity index (χ3v) is 5.07. The number of hydrogen-bond donors (Lipinski definition) is 2. The predicted octanol–water partition coefficient (Wildman–Crippen LogP) is 3.48. The number of hydrogen-bond acceptors (Lipinski definition) is 3. The molecule has 0 saturated carbocycles. The van der Waals surface area contributed by atoms with Gasteiger partial charge in [-0.2, -0.15) is 5.10 Å². The molecule has 0 aliphatic rings. The van der Waals surface area contributed by atoms with Crippen molar-refractivity contribution >= 4 is 23.4 Å². The summed E-state index contributed by atoms with van der Waals surface area (Å²) in [4.78, 5) is 25.8. The molecule has 0 saturated heterocycles. The molecule has 3 rings (SSSR count). The van der Waals surface area contributed by atoms with Gasteiger partial charge in [0.2, 0.25) is 5.91 Å². The number of carbonyl (C=O) groups is 2. The van der Waals surface area contributed by atoms with Crippen LogP contribution in [0.2, 0.25) is 5.15 Å². The smallest absolute Gasteiger partial charge is 0.257 e. The van der Waals surface area contributed by atoms with Crippen molar-refractivity contribution in [1.82, 2.24) is 20.4 Å². The molecule has 1 aromatic heterocycles. The van der Waals surface area contributed by atoms with Crippen LogP contribution in [0.15, 0.2) is 54.6 Å². The molecule has 29 heavy (non-hydrogen) atoms. The quantitative estimate of drug-likeness (QED) is 0.653.